The third kappa shape index (κ3) is 1.78. The number of hydrogen-bond acceptors (Lipinski definition) is 4. The van der Waals surface area contributed by atoms with Crippen LogP contribution in [0.4, 0.5) is 0 Å². The summed E-state index contributed by atoms with van der Waals surface area (Å²) in [6, 6.07) is 20.6. The van der Waals surface area contributed by atoms with Crippen LogP contribution in [0.5, 0.6) is 0 Å². The van der Waals surface area contributed by atoms with Crippen molar-refractivity contribution in [1.82, 2.24) is 14.4 Å². The van der Waals surface area contributed by atoms with Crippen LogP contribution in [-0.4, -0.2) is 14.4 Å². The molecule has 0 unspecified atom stereocenters. The first-order chi connectivity index (χ1) is 15.4. The number of nitrogens with zero attached hydrogens (tertiary/aromatic N) is 3. The number of pyridine rings is 2. The van der Waals surface area contributed by atoms with E-state index in [4.69, 9.17) is 8.83 Å². The van der Waals surface area contributed by atoms with E-state index < -0.39 is 0 Å². The number of rotatable bonds is 0. The smallest absolute Gasteiger partial charge is 0.178 e. The summed E-state index contributed by atoms with van der Waals surface area (Å²) in [5.74, 6) is 0. The maximum atomic E-state index is 6.56. The lowest BCUT2D eigenvalue weighted by Crippen LogP contribution is -1.92. The van der Waals surface area contributed by atoms with Crippen molar-refractivity contribution in [1.29, 1.82) is 0 Å². The zero-order chi connectivity index (χ0) is 20.1. The van der Waals surface area contributed by atoms with Crippen LogP contribution in [0.15, 0.2) is 88.1 Å². The fourth-order valence-electron chi connectivity index (χ4n) is 4.98. The lowest BCUT2D eigenvalue weighted by molar-refractivity contribution is 0.634. The van der Waals surface area contributed by atoms with Gasteiger partial charge in [-0.05, 0) is 42.5 Å². The van der Waals surface area contributed by atoms with Crippen molar-refractivity contribution in [3.8, 4) is 0 Å². The quantitative estimate of drug-likeness (QED) is 0.262. The first-order valence-electron chi connectivity index (χ1n) is 10.2. The van der Waals surface area contributed by atoms with Crippen LogP contribution in [0.3, 0.4) is 0 Å². The summed E-state index contributed by atoms with van der Waals surface area (Å²) in [6.07, 6.45) is 5.62. The van der Waals surface area contributed by atoms with E-state index in [1.165, 1.54) is 0 Å². The van der Waals surface area contributed by atoms with Crippen molar-refractivity contribution < 1.29 is 8.83 Å². The Kier molecular flexibility index (Phi) is 2.60. The fourth-order valence-corrected chi connectivity index (χ4v) is 4.98. The summed E-state index contributed by atoms with van der Waals surface area (Å²) in [7, 11) is 0. The van der Waals surface area contributed by atoms with E-state index in [0.29, 0.717) is 0 Å². The van der Waals surface area contributed by atoms with E-state index in [1.807, 2.05) is 42.9 Å². The second-order valence-electron chi connectivity index (χ2n) is 7.88. The molecule has 0 amide bonds. The van der Waals surface area contributed by atoms with Crippen LogP contribution in [0.25, 0.3) is 71.3 Å². The Morgan fingerprint density at radius 2 is 1.32 bits per heavy atom. The molecule has 0 radical (unpaired) electrons. The molecule has 5 heterocycles. The molecule has 144 valence electrons. The molecule has 8 aromatic rings. The maximum Gasteiger partial charge on any atom is 0.178 e. The number of hydrogen-bond donors (Lipinski definition) is 0. The third-order valence-electron chi connectivity index (χ3n) is 6.31. The van der Waals surface area contributed by atoms with Crippen LogP contribution in [0.2, 0.25) is 0 Å². The molecule has 0 fully saturated rings. The third-order valence-corrected chi connectivity index (χ3v) is 6.31. The average molecular weight is 399 g/mol. The Hall–Kier alpha value is -4.38. The zero-order valence-corrected chi connectivity index (χ0v) is 16.2. The summed E-state index contributed by atoms with van der Waals surface area (Å²) in [6.45, 7) is 0. The lowest BCUT2D eigenvalue weighted by Gasteiger charge is -2.07. The molecule has 0 saturated carbocycles. The van der Waals surface area contributed by atoms with Crippen molar-refractivity contribution in [3.05, 3.63) is 79.3 Å². The molecule has 5 heteroatoms. The van der Waals surface area contributed by atoms with E-state index in [2.05, 4.69) is 50.8 Å². The summed E-state index contributed by atoms with van der Waals surface area (Å²) in [4.78, 5) is 9.26. The highest BCUT2D eigenvalue weighted by atomic mass is 16.4. The second kappa shape index (κ2) is 5.21. The summed E-state index contributed by atoms with van der Waals surface area (Å²) >= 11 is 0. The highest BCUT2D eigenvalue weighted by molar-refractivity contribution is 6.24. The van der Waals surface area contributed by atoms with E-state index in [0.717, 1.165) is 71.3 Å². The number of furan rings is 2. The van der Waals surface area contributed by atoms with E-state index >= 15 is 0 Å². The second-order valence-corrected chi connectivity index (χ2v) is 7.88. The number of aromatic nitrogens is 3. The lowest BCUT2D eigenvalue weighted by atomic mass is 10.1. The van der Waals surface area contributed by atoms with Crippen LogP contribution in [-0.2, 0) is 0 Å². The molecule has 5 nitrogen and oxygen atoms in total. The van der Waals surface area contributed by atoms with E-state index in [9.17, 15) is 0 Å². The largest absolute Gasteiger partial charge is 0.452 e. The molecule has 5 aromatic heterocycles. The van der Waals surface area contributed by atoms with Gasteiger partial charge in [-0.2, -0.15) is 0 Å². The van der Waals surface area contributed by atoms with Crippen LogP contribution in [0.1, 0.15) is 0 Å². The van der Waals surface area contributed by atoms with Gasteiger partial charge in [0, 0.05) is 50.9 Å². The molecule has 31 heavy (non-hydrogen) atoms. The number of benzene rings is 3. The van der Waals surface area contributed by atoms with Crippen molar-refractivity contribution in [2.45, 2.75) is 0 Å². The average Bonchev–Trinajstić information content (AvgIpc) is 3.53. The monoisotopic (exact) mass is 399 g/mol. The first kappa shape index (κ1) is 15.5. The zero-order valence-electron chi connectivity index (χ0n) is 16.2. The van der Waals surface area contributed by atoms with Crippen molar-refractivity contribution >= 4 is 71.3 Å². The van der Waals surface area contributed by atoms with Gasteiger partial charge in [-0.3, -0.25) is 9.38 Å². The molecule has 0 aliphatic carbocycles. The van der Waals surface area contributed by atoms with Gasteiger partial charge >= 0.3 is 0 Å². The van der Waals surface area contributed by atoms with Gasteiger partial charge in [-0.15, -0.1) is 0 Å². The molecule has 0 bridgehead atoms. The number of para-hydroxylation sites is 1. The van der Waals surface area contributed by atoms with Gasteiger partial charge in [0.05, 0.1) is 5.52 Å². The molecular weight excluding hydrogens is 386 g/mol. The standard InChI is InChI=1S/C26H13N3O2/c1-2-6-20-14(4-1)15-7-8-17-16-9-10-18-21-19(5-3-11-27-21)26-28-12-13-29(26)22(18)23(16)31-25(17)24(15)30-20/h1-13H. The molecular formula is C26H13N3O2. The van der Waals surface area contributed by atoms with Gasteiger partial charge in [0.1, 0.15) is 16.7 Å². The van der Waals surface area contributed by atoms with Gasteiger partial charge in [-0.25, -0.2) is 4.98 Å². The van der Waals surface area contributed by atoms with Crippen LogP contribution < -0.4 is 0 Å². The Morgan fingerprint density at radius 1 is 0.581 bits per heavy atom. The minimum atomic E-state index is 0.769. The van der Waals surface area contributed by atoms with Crippen LogP contribution in [0, 0.1) is 0 Å². The van der Waals surface area contributed by atoms with Crippen LogP contribution >= 0.6 is 0 Å². The minimum Gasteiger partial charge on any atom is -0.452 e. The van der Waals surface area contributed by atoms with Crippen molar-refractivity contribution in [3.63, 3.8) is 0 Å². The Balaban J connectivity index is 1.65. The van der Waals surface area contributed by atoms with Crippen molar-refractivity contribution in [2.75, 3.05) is 0 Å². The number of fused-ring (bicyclic) bond motifs is 14. The highest BCUT2D eigenvalue weighted by Crippen LogP contribution is 2.41. The minimum absolute atomic E-state index is 0.769. The van der Waals surface area contributed by atoms with Gasteiger partial charge < -0.3 is 8.83 Å². The molecule has 0 saturated heterocycles. The predicted octanol–water partition coefficient (Wildman–Crippen LogP) is 6.83. The topological polar surface area (TPSA) is 56.5 Å². The highest BCUT2D eigenvalue weighted by Gasteiger charge is 2.20. The Labute approximate surface area is 174 Å². The molecule has 3 aromatic carbocycles. The fraction of sp³-hybridized carbons (Fsp3) is 0. The molecule has 0 spiro atoms. The summed E-state index contributed by atoms with van der Waals surface area (Å²) in [5.41, 5.74) is 5.99. The number of imidazole rings is 1. The van der Waals surface area contributed by atoms with E-state index in [-0.39, 0.29) is 0 Å². The Morgan fingerprint density at radius 3 is 2.26 bits per heavy atom. The first-order valence-corrected chi connectivity index (χ1v) is 10.2. The Bertz CT molecular complexity index is 2010. The van der Waals surface area contributed by atoms with Crippen molar-refractivity contribution in [2.24, 2.45) is 0 Å². The maximum absolute atomic E-state index is 6.56. The molecule has 0 atom stereocenters. The summed E-state index contributed by atoms with van der Waals surface area (Å²) in [5, 5.41) is 6.31. The molecule has 0 aliphatic rings. The molecule has 0 aliphatic heterocycles. The van der Waals surface area contributed by atoms with Gasteiger partial charge in [-0.1, -0.05) is 18.2 Å². The normalized spacial score (nSPS) is 12.5. The summed E-state index contributed by atoms with van der Waals surface area (Å²) < 4.78 is 14.9. The molecule has 0 N–H and O–H groups in total. The predicted molar refractivity (Wildman–Crippen MR) is 123 cm³/mol. The van der Waals surface area contributed by atoms with Gasteiger partial charge in [0.2, 0.25) is 0 Å². The van der Waals surface area contributed by atoms with Gasteiger partial charge in [0.15, 0.2) is 16.7 Å². The van der Waals surface area contributed by atoms with Gasteiger partial charge in [0.25, 0.3) is 0 Å². The SMILES string of the molecule is c1ccc2c(c1)oc1c2ccc2c3ccc4c5ncccc5c5nccn5c4c3oc21. The molecule has 8 rings (SSSR count). The van der Waals surface area contributed by atoms with E-state index in [1.54, 1.807) is 0 Å².